The molecule has 1 fully saturated rings. The Morgan fingerprint density at radius 3 is 2.53 bits per heavy atom. The maximum absolute atomic E-state index is 14.9. The van der Waals surface area contributed by atoms with E-state index in [4.69, 9.17) is 20.6 Å². The number of benzene rings is 1. The van der Waals surface area contributed by atoms with Gasteiger partial charge in [0.25, 0.3) is 0 Å². The maximum Gasteiger partial charge on any atom is 0.319 e. The quantitative estimate of drug-likeness (QED) is 0.342. The van der Waals surface area contributed by atoms with E-state index in [1.807, 2.05) is 4.90 Å². The van der Waals surface area contributed by atoms with Gasteiger partial charge in [-0.25, -0.2) is 19.2 Å². The van der Waals surface area contributed by atoms with Gasteiger partial charge in [-0.1, -0.05) is 18.2 Å². The minimum absolute atomic E-state index is 0.0174. The zero-order chi connectivity index (χ0) is 24.7. The molecule has 34 heavy (non-hydrogen) atoms. The highest BCUT2D eigenvalue weighted by Crippen LogP contribution is 2.25. The number of nitrogens with two attached hydrogens (primary N) is 1. The molecule has 1 aliphatic heterocycles. The van der Waals surface area contributed by atoms with Gasteiger partial charge in [-0.3, -0.25) is 10.2 Å². The van der Waals surface area contributed by atoms with E-state index in [0.717, 1.165) is 12.8 Å². The number of carbonyl (C=O) groups excluding carboxylic acids is 2. The lowest BCUT2D eigenvalue weighted by Crippen LogP contribution is -2.44. The molecule has 0 bridgehead atoms. The summed E-state index contributed by atoms with van der Waals surface area (Å²) in [6.45, 7) is 1.54. The Morgan fingerprint density at radius 1 is 1.24 bits per heavy atom. The molecule has 1 saturated heterocycles. The number of aromatic nitrogens is 2. The first-order valence-electron chi connectivity index (χ1n) is 10.9. The summed E-state index contributed by atoms with van der Waals surface area (Å²) in [5, 5.41) is 7.10. The molecule has 0 aliphatic carbocycles. The Morgan fingerprint density at radius 2 is 1.91 bits per heavy atom. The van der Waals surface area contributed by atoms with Crippen molar-refractivity contribution >= 4 is 17.8 Å². The standard InChI is InChI=1S/C23H29FN6O4/c1-29(2)23(32)30-8-6-15(7-9-30)13-34-22-27-11-17(12-28-22)18-5-3-4-16(21(18)24)14-33-20(31)10-19(25)26/h3-5,11-12,15H,6-10,13-14H2,1-2H3,(H3,25,26). The van der Waals surface area contributed by atoms with Crippen molar-refractivity contribution in [3.63, 3.8) is 0 Å². The topological polar surface area (TPSA) is 135 Å². The van der Waals surface area contributed by atoms with Crippen LogP contribution in [0.2, 0.25) is 0 Å². The molecule has 1 aromatic heterocycles. The molecule has 0 saturated carbocycles. The highest BCUT2D eigenvalue weighted by Gasteiger charge is 2.24. The maximum atomic E-state index is 14.9. The third-order valence-corrected chi connectivity index (χ3v) is 5.46. The first kappa shape index (κ1) is 24.9. The minimum Gasteiger partial charge on any atom is -0.463 e. The van der Waals surface area contributed by atoms with Gasteiger partial charge < -0.3 is 25.0 Å². The zero-order valence-corrected chi connectivity index (χ0v) is 19.3. The fraction of sp³-hybridized carbons (Fsp3) is 0.435. The molecule has 1 aliphatic rings. The van der Waals surface area contributed by atoms with Gasteiger partial charge in [-0.2, -0.15) is 0 Å². The molecule has 182 valence electrons. The van der Waals surface area contributed by atoms with E-state index < -0.39 is 11.8 Å². The van der Waals surface area contributed by atoms with E-state index in [1.165, 1.54) is 18.5 Å². The van der Waals surface area contributed by atoms with E-state index in [0.29, 0.717) is 31.2 Å². The molecule has 2 heterocycles. The van der Waals surface area contributed by atoms with E-state index in [-0.39, 0.29) is 42.0 Å². The Hall–Kier alpha value is -3.76. The van der Waals surface area contributed by atoms with Crippen molar-refractivity contribution in [1.29, 1.82) is 5.41 Å². The molecule has 2 aromatic rings. The van der Waals surface area contributed by atoms with Crippen LogP contribution in [0, 0.1) is 17.1 Å². The number of hydrogen-bond acceptors (Lipinski definition) is 7. The van der Waals surface area contributed by atoms with Crippen LogP contribution in [0.1, 0.15) is 24.8 Å². The number of nitrogens with zero attached hydrogens (tertiary/aromatic N) is 4. The van der Waals surface area contributed by atoms with Crippen LogP contribution >= 0.6 is 0 Å². The van der Waals surface area contributed by atoms with Crippen LogP contribution < -0.4 is 10.5 Å². The van der Waals surface area contributed by atoms with Gasteiger partial charge in [0.1, 0.15) is 24.7 Å². The van der Waals surface area contributed by atoms with E-state index in [2.05, 4.69) is 9.97 Å². The number of piperidine rings is 1. The molecule has 0 unspecified atom stereocenters. The number of ether oxygens (including phenoxy) is 2. The van der Waals surface area contributed by atoms with Crippen molar-refractivity contribution < 1.29 is 23.5 Å². The summed E-state index contributed by atoms with van der Waals surface area (Å²) in [6, 6.07) is 4.95. The summed E-state index contributed by atoms with van der Waals surface area (Å²) in [4.78, 5) is 35.4. The molecule has 1 aromatic carbocycles. The van der Waals surface area contributed by atoms with Crippen LogP contribution in [-0.4, -0.2) is 71.4 Å². The first-order chi connectivity index (χ1) is 16.2. The summed E-state index contributed by atoms with van der Waals surface area (Å²) in [6.07, 6.45) is 4.29. The lowest BCUT2D eigenvalue weighted by Gasteiger charge is -2.33. The van der Waals surface area contributed by atoms with E-state index in [9.17, 15) is 14.0 Å². The van der Waals surface area contributed by atoms with Crippen molar-refractivity contribution in [2.75, 3.05) is 33.8 Å². The molecule has 0 atom stereocenters. The molecule has 10 nitrogen and oxygen atoms in total. The monoisotopic (exact) mass is 472 g/mol. The molecule has 0 spiro atoms. The summed E-state index contributed by atoms with van der Waals surface area (Å²) in [5.41, 5.74) is 6.08. The third kappa shape index (κ3) is 6.63. The predicted octanol–water partition coefficient (Wildman–Crippen LogP) is 2.42. The van der Waals surface area contributed by atoms with Crippen LogP contribution in [0.4, 0.5) is 9.18 Å². The smallest absolute Gasteiger partial charge is 0.319 e. The number of amides is 2. The van der Waals surface area contributed by atoms with Crippen LogP contribution in [0.15, 0.2) is 30.6 Å². The van der Waals surface area contributed by atoms with Crippen LogP contribution in [0.3, 0.4) is 0 Å². The molecular weight excluding hydrogens is 443 g/mol. The van der Waals surface area contributed by atoms with Crippen LogP contribution in [0.25, 0.3) is 11.1 Å². The summed E-state index contributed by atoms with van der Waals surface area (Å²) in [7, 11) is 3.48. The minimum atomic E-state index is -0.697. The number of amidine groups is 1. The largest absolute Gasteiger partial charge is 0.463 e. The van der Waals surface area contributed by atoms with E-state index >= 15 is 0 Å². The summed E-state index contributed by atoms with van der Waals surface area (Å²) < 4.78 is 25.6. The summed E-state index contributed by atoms with van der Waals surface area (Å²) in [5.74, 6) is -1.26. The van der Waals surface area contributed by atoms with Gasteiger partial charge >= 0.3 is 18.0 Å². The fourth-order valence-corrected chi connectivity index (χ4v) is 3.57. The lowest BCUT2D eigenvalue weighted by atomic mass is 9.98. The number of rotatable bonds is 8. The first-order valence-corrected chi connectivity index (χ1v) is 10.9. The molecule has 11 heteroatoms. The third-order valence-electron chi connectivity index (χ3n) is 5.46. The summed E-state index contributed by atoms with van der Waals surface area (Å²) >= 11 is 0. The van der Waals surface area contributed by atoms with Crippen LogP contribution in [-0.2, 0) is 16.1 Å². The molecule has 0 radical (unpaired) electrons. The lowest BCUT2D eigenvalue weighted by molar-refractivity contribution is -0.143. The second kappa shape index (κ2) is 11.4. The second-order valence-electron chi connectivity index (χ2n) is 8.31. The average Bonchev–Trinajstić information content (AvgIpc) is 2.82. The van der Waals surface area contributed by atoms with Gasteiger partial charge in [0.05, 0.1) is 6.61 Å². The van der Waals surface area contributed by atoms with Gasteiger partial charge in [-0.15, -0.1) is 0 Å². The molecule has 2 amide bonds. The Labute approximate surface area is 197 Å². The number of nitrogens with one attached hydrogen (secondary N) is 1. The normalized spacial score (nSPS) is 13.9. The average molecular weight is 473 g/mol. The van der Waals surface area contributed by atoms with Crippen molar-refractivity contribution in [3.05, 3.63) is 42.0 Å². The number of likely N-dealkylation sites (tertiary alicyclic amines) is 1. The molecule has 3 N–H and O–H groups in total. The molecular formula is C23H29FN6O4. The second-order valence-corrected chi connectivity index (χ2v) is 8.31. The van der Waals surface area contributed by atoms with Crippen LogP contribution in [0.5, 0.6) is 6.01 Å². The number of hydrogen-bond donors (Lipinski definition) is 2. The van der Waals surface area contributed by atoms with Gasteiger partial charge in [0, 0.05) is 56.3 Å². The molecule has 3 rings (SSSR count). The van der Waals surface area contributed by atoms with Crippen molar-refractivity contribution in [2.45, 2.75) is 25.9 Å². The SMILES string of the molecule is CN(C)C(=O)N1CCC(COc2ncc(-c3cccc(COC(=O)CC(=N)N)c3F)cn2)CC1. The van der Waals surface area contributed by atoms with E-state index in [1.54, 1.807) is 31.1 Å². The number of carbonyl (C=O) groups is 2. The Kier molecular flexibility index (Phi) is 8.34. The highest BCUT2D eigenvalue weighted by molar-refractivity contribution is 5.94. The fourth-order valence-electron chi connectivity index (χ4n) is 3.57. The zero-order valence-electron chi connectivity index (χ0n) is 19.3. The number of urea groups is 1. The Balaban J connectivity index is 1.54. The van der Waals surface area contributed by atoms with Gasteiger partial charge in [0.15, 0.2) is 0 Å². The van der Waals surface area contributed by atoms with Gasteiger partial charge in [0.2, 0.25) is 0 Å². The van der Waals surface area contributed by atoms with Crippen molar-refractivity contribution in [1.82, 2.24) is 19.8 Å². The highest BCUT2D eigenvalue weighted by atomic mass is 19.1. The number of esters is 1. The van der Waals surface area contributed by atoms with Gasteiger partial charge in [-0.05, 0) is 18.8 Å². The predicted molar refractivity (Wildman–Crippen MR) is 123 cm³/mol. The number of halogens is 1. The Bertz CT molecular complexity index is 1020. The van der Waals surface area contributed by atoms with Crippen molar-refractivity contribution in [3.8, 4) is 17.1 Å². The van der Waals surface area contributed by atoms with Crippen molar-refractivity contribution in [2.24, 2.45) is 11.7 Å².